The van der Waals surface area contributed by atoms with Crippen LogP contribution in [0.1, 0.15) is 27.2 Å². The van der Waals surface area contributed by atoms with E-state index in [1.807, 2.05) is 0 Å². The first kappa shape index (κ1) is 23.4. The van der Waals surface area contributed by atoms with Crippen LogP contribution in [0.5, 0.6) is 0 Å². The molecule has 2 heterocycles. The minimum Gasteiger partial charge on any atom is -0.369 e. The van der Waals surface area contributed by atoms with Crippen molar-refractivity contribution in [1.29, 1.82) is 0 Å². The van der Waals surface area contributed by atoms with Crippen molar-refractivity contribution in [2.75, 3.05) is 55.0 Å². The summed E-state index contributed by atoms with van der Waals surface area (Å²) in [6.45, 7) is 10.2. The molecule has 0 spiro atoms. The van der Waals surface area contributed by atoms with Crippen molar-refractivity contribution in [3.05, 3.63) is 10.4 Å². The maximum absolute atomic E-state index is 13.7. The first-order valence-corrected chi connectivity index (χ1v) is 10.7. The van der Waals surface area contributed by atoms with Crippen molar-refractivity contribution >= 4 is 25.0 Å². The van der Waals surface area contributed by atoms with Crippen LogP contribution in [0, 0.1) is 0 Å². The van der Waals surface area contributed by atoms with Gasteiger partial charge in [0.1, 0.15) is 11.9 Å². The molecule has 1 aliphatic heterocycles. The summed E-state index contributed by atoms with van der Waals surface area (Å²) in [5, 5.41) is 2.77. The molecule has 0 fully saturated rings. The minimum absolute atomic E-state index is 0.0759. The van der Waals surface area contributed by atoms with E-state index >= 15 is 0 Å². The van der Waals surface area contributed by atoms with Crippen LogP contribution < -0.4 is 21.5 Å². The Kier molecular flexibility index (Phi) is 9.17. The molecule has 0 aliphatic carbocycles. The number of nitrogens with two attached hydrogens (primary N) is 1. The molecule has 0 saturated carbocycles. The predicted octanol–water partition coefficient (Wildman–Crippen LogP) is 0.796. The SMILES string of the molecule is CCN(CC)CC.Nc1nc2c(c(=O)[nH]1)NCN2CC(F)CCP(=O)(O)O. The number of fused-ring (bicyclic) bond motifs is 1. The molecule has 0 bridgehead atoms. The second kappa shape index (κ2) is 10.6. The van der Waals surface area contributed by atoms with E-state index in [9.17, 15) is 13.8 Å². The number of hydrogen-bond donors (Lipinski definition) is 5. The van der Waals surface area contributed by atoms with Gasteiger partial charge in [-0.05, 0) is 26.1 Å². The van der Waals surface area contributed by atoms with Gasteiger partial charge in [0, 0.05) is 0 Å². The van der Waals surface area contributed by atoms with Gasteiger partial charge in [0.25, 0.3) is 5.56 Å². The summed E-state index contributed by atoms with van der Waals surface area (Å²) in [6.07, 6.45) is -2.24. The first-order chi connectivity index (χ1) is 12.6. The number of rotatable bonds is 8. The quantitative estimate of drug-likeness (QED) is 0.394. The van der Waals surface area contributed by atoms with E-state index in [4.69, 9.17) is 15.5 Å². The van der Waals surface area contributed by atoms with Crippen LogP contribution in [0.2, 0.25) is 0 Å². The lowest BCUT2D eigenvalue weighted by Gasteiger charge is -2.19. The number of aromatic amines is 1. The largest absolute Gasteiger partial charge is 0.369 e. The predicted molar refractivity (Wildman–Crippen MR) is 105 cm³/mol. The Morgan fingerprint density at radius 1 is 1.33 bits per heavy atom. The highest BCUT2D eigenvalue weighted by molar-refractivity contribution is 7.51. The van der Waals surface area contributed by atoms with E-state index < -0.39 is 25.5 Å². The van der Waals surface area contributed by atoms with Crippen LogP contribution in [0.15, 0.2) is 4.79 Å². The molecule has 12 heteroatoms. The number of nitrogens with zero attached hydrogens (tertiary/aromatic N) is 3. The standard InChI is InChI=1S/C9H15FN5O4P.C6H15N/c10-5(1-2-20(17,18)19)3-15-4-12-6-7(15)13-9(11)14-8(6)16;1-4-7(5-2)6-3/h5,12H,1-4H2,(H2,17,18,19)(H3,11,13,14,16);4-6H2,1-3H3. The second-order valence-electron chi connectivity index (χ2n) is 6.10. The number of anilines is 3. The second-order valence-corrected chi connectivity index (χ2v) is 7.88. The summed E-state index contributed by atoms with van der Waals surface area (Å²) < 4.78 is 24.4. The minimum atomic E-state index is -4.21. The molecule has 10 nitrogen and oxygen atoms in total. The van der Waals surface area contributed by atoms with Crippen LogP contribution in [-0.2, 0) is 4.57 Å². The number of H-pyrrole nitrogens is 1. The highest BCUT2D eigenvalue weighted by Gasteiger charge is 2.27. The Balaban J connectivity index is 0.000000445. The van der Waals surface area contributed by atoms with Gasteiger partial charge in [0.2, 0.25) is 5.95 Å². The van der Waals surface area contributed by atoms with Crippen molar-refractivity contribution in [1.82, 2.24) is 14.9 Å². The molecule has 1 aromatic heterocycles. The average Bonchev–Trinajstić information content (AvgIpc) is 2.98. The molecule has 1 aromatic rings. The molecule has 0 saturated heterocycles. The molecule has 0 amide bonds. The average molecular weight is 408 g/mol. The molecule has 1 atom stereocenters. The van der Waals surface area contributed by atoms with Gasteiger partial charge in [-0.1, -0.05) is 20.8 Å². The maximum Gasteiger partial charge on any atom is 0.325 e. The van der Waals surface area contributed by atoms with Crippen molar-refractivity contribution in [3.8, 4) is 0 Å². The summed E-state index contributed by atoms with van der Waals surface area (Å²) in [4.78, 5) is 39.0. The number of nitrogen functional groups attached to an aromatic ring is 1. The zero-order valence-electron chi connectivity index (χ0n) is 16.0. The Bertz CT molecular complexity index is 688. The fourth-order valence-electron chi connectivity index (χ4n) is 2.58. The number of hydrogen-bond acceptors (Lipinski definition) is 7. The van der Waals surface area contributed by atoms with Gasteiger partial charge in [-0.2, -0.15) is 4.98 Å². The van der Waals surface area contributed by atoms with Crippen LogP contribution in [-0.4, -0.2) is 69.8 Å². The molecule has 27 heavy (non-hydrogen) atoms. The van der Waals surface area contributed by atoms with E-state index in [1.54, 1.807) is 0 Å². The molecule has 2 rings (SSSR count). The number of aromatic nitrogens is 2. The van der Waals surface area contributed by atoms with Gasteiger partial charge >= 0.3 is 7.60 Å². The molecular weight excluding hydrogens is 378 g/mol. The Morgan fingerprint density at radius 3 is 2.41 bits per heavy atom. The Hall–Kier alpha value is -1.68. The highest BCUT2D eigenvalue weighted by Crippen LogP contribution is 2.36. The van der Waals surface area contributed by atoms with Crippen molar-refractivity contribution < 1.29 is 18.7 Å². The Labute approximate surface area is 158 Å². The summed E-state index contributed by atoms with van der Waals surface area (Å²) >= 11 is 0. The fraction of sp³-hybridized carbons (Fsp3) is 0.733. The third kappa shape index (κ3) is 7.84. The van der Waals surface area contributed by atoms with E-state index in [2.05, 4.69) is 41.0 Å². The summed E-state index contributed by atoms with van der Waals surface area (Å²) in [5.41, 5.74) is 5.19. The molecule has 1 unspecified atom stereocenters. The molecule has 156 valence electrons. The van der Waals surface area contributed by atoms with E-state index in [-0.39, 0.29) is 37.1 Å². The zero-order chi connectivity index (χ0) is 20.6. The summed E-state index contributed by atoms with van der Waals surface area (Å²) in [5.74, 6) is 0.165. The monoisotopic (exact) mass is 408 g/mol. The van der Waals surface area contributed by atoms with Gasteiger partial charge in [-0.3, -0.25) is 14.3 Å². The van der Waals surface area contributed by atoms with Gasteiger partial charge in [-0.15, -0.1) is 0 Å². The van der Waals surface area contributed by atoms with Crippen molar-refractivity contribution in [3.63, 3.8) is 0 Å². The number of alkyl halides is 1. The maximum atomic E-state index is 13.7. The molecule has 0 radical (unpaired) electrons. The third-order valence-electron chi connectivity index (χ3n) is 4.16. The fourth-order valence-corrected chi connectivity index (χ4v) is 3.19. The molecule has 6 N–H and O–H groups in total. The summed E-state index contributed by atoms with van der Waals surface area (Å²) in [7, 11) is -4.21. The van der Waals surface area contributed by atoms with E-state index in [1.165, 1.54) is 24.5 Å². The van der Waals surface area contributed by atoms with Gasteiger partial charge in [0.05, 0.1) is 19.4 Å². The summed E-state index contributed by atoms with van der Waals surface area (Å²) in [6, 6.07) is 0. The third-order valence-corrected chi connectivity index (χ3v) is 5.00. The number of halogens is 1. The van der Waals surface area contributed by atoms with Crippen LogP contribution in [0.25, 0.3) is 0 Å². The highest BCUT2D eigenvalue weighted by atomic mass is 31.2. The van der Waals surface area contributed by atoms with Gasteiger partial charge in [-0.25, -0.2) is 4.39 Å². The topological polar surface area (TPSA) is 148 Å². The molecule has 1 aliphatic rings. The van der Waals surface area contributed by atoms with Gasteiger partial charge in [0.15, 0.2) is 5.82 Å². The van der Waals surface area contributed by atoms with Crippen LogP contribution in [0.4, 0.5) is 21.8 Å². The smallest absolute Gasteiger partial charge is 0.325 e. The lowest BCUT2D eigenvalue weighted by molar-refractivity contribution is 0.313. The first-order valence-electron chi connectivity index (χ1n) is 8.90. The van der Waals surface area contributed by atoms with Crippen molar-refractivity contribution in [2.24, 2.45) is 0 Å². The lowest BCUT2D eigenvalue weighted by Crippen LogP contribution is -2.31. The Morgan fingerprint density at radius 2 is 1.93 bits per heavy atom. The normalized spacial score (nSPS) is 14.4. The zero-order valence-corrected chi connectivity index (χ0v) is 16.9. The van der Waals surface area contributed by atoms with E-state index in [0.717, 1.165) is 0 Å². The number of nitrogens with one attached hydrogen (secondary N) is 2. The lowest BCUT2D eigenvalue weighted by atomic mass is 10.3. The van der Waals surface area contributed by atoms with Crippen molar-refractivity contribution in [2.45, 2.75) is 33.4 Å². The molecule has 0 aromatic carbocycles. The van der Waals surface area contributed by atoms with E-state index in [0.29, 0.717) is 0 Å². The van der Waals surface area contributed by atoms with Gasteiger partial charge < -0.3 is 30.6 Å². The van der Waals surface area contributed by atoms with Crippen LogP contribution >= 0.6 is 7.60 Å². The van der Waals surface area contributed by atoms with Crippen LogP contribution in [0.3, 0.4) is 0 Å². The molecular formula is C15H30FN6O4P.